The Bertz CT molecular complexity index is 859. The maximum absolute atomic E-state index is 4.49. The van der Waals surface area contributed by atoms with Crippen LogP contribution in [0.1, 0.15) is 224 Å². The lowest BCUT2D eigenvalue weighted by Crippen LogP contribution is -2.21. The molecule has 0 saturated carbocycles. The third kappa shape index (κ3) is 23.4. The van der Waals surface area contributed by atoms with Gasteiger partial charge in [0.1, 0.15) is 0 Å². The van der Waals surface area contributed by atoms with Crippen LogP contribution in [0.3, 0.4) is 0 Å². The van der Waals surface area contributed by atoms with E-state index < -0.39 is 0 Å². The lowest BCUT2D eigenvalue weighted by Gasteiger charge is -2.29. The molecule has 1 aromatic carbocycles. The zero-order chi connectivity index (χ0) is 33.3. The van der Waals surface area contributed by atoms with Gasteiger partial charge in [-0.2, -0.15) is 0 Å². The quantitative estimate of drug-likeness (QED) is 0.0680. The largest absolute Gasteiger partial charge is 0.334 e. The molecule has 0 aliphatic carbocycles. The van der Waals surface area contributed by atoms with E-state index in [2.05, 4.69) is 66.3 Å². The Morgan fingerprint density at radius 3 is 1.23 bits per heavy atom. The van der Waals surface area contributed by atoms with Crippen molar-refractivity contribution in [2.24, 2.45) is 5.92 Å². The van der Waals surface area contributed by atoms with Crippen LogP contribution in [0.2, 0.25) is 0 Å². The van der Waals surface area contributed by atoms with Crippen molar-refractivity contribution in [1.82, 2.24) is 9.55 Å². The molecule has 2 rings (SSSR count). The molecule has 0 fully saturated rings. The smallest absolute Gasteiger partial charge is 0.0948 e. The minimum absolute atomic E-state index is 0.571. The van der Waals surface area contributed by atoms with Crippen molar-refractivity contribution in [2.75, 3.05) is 0 Å². The van der Waals surface area contributed by atoms with Gasteiger partial charge in [-0.1, -0.05) is 230 Å². The fourth-order valence-electron chi connectivity index (χ4n) is 7.77. The lowest BCUT2D eigenvalue weighted by atomic mass is 9.84. The minimum Gasteiger partial charge on any atom is -0.334 e. The lowest BCUT2D eigenvalue weighted by molar-refractivity contribution is 0.275. The number of hydrogen-bond donors (Lipinski definition) is 0. The summed E-state index contributed by atoms with van der Waals surface area (Å²) in [6.07, 6.45) is 51.7. The van der Waals surface area contributed by atoms with Crippen LogP contribution in [0.25, 0.3) is 0 Å². The second kappa shape index (κ2) is 31.7. The van der Waals surface area contributed by atoms with Crippen LogP contribution in [0.15, 0.2) is 49.1 Å². The minimum atomic E-state index is 0.571. The highest BCUT2D eigenvalue weighted by molar-refractivity contribution is 5.15. The van der Waals surface area contributed by atoms with Crippen molar-refractivity contribution < 1.29 is 0 Å². The molecule has 0 amide bonds. The molecule has 2 unspecified atom stereocenters. The number of nitrogens with zero attached hydrogens (tertiary/aromatic N) is 2. The number of rotatable bonds is 35. The van der Waals surface area contributed by atoms with Gasteiger partial charge in [-0.25, -0.2) is 4.98 Å². The highest BCUT2D eigenvalue weighted by atomic mass is 15.1. The van der Waals surface area contributed by atoms with E-state index in [0.29, 0.717) is 12.0 Å². The fourth-order valence-corrected chi connectivity index (χ4v) is 7.77. The number of unbranched alkanes of at least 4 members (excludes halogenated alkanes) is 27. The zero-order valence-electron chi connectivity index (χ0n) is 31.8. The molecule has 0 saturated heterocycles. The van der Waals surface area contributed by atoms with Crippen molar-refractivity contribution in [3.63, 3.8) is 0 Å². The van der Waals surface area contributed by atoms with Gasteiger partial charge in [0, 0.05) is 18.4 Å². The Morgan fingerprint density at radius 2 is 0.851 bits per heavy atom. The number of aromatic nitrogens is 2. The summed E-state index contributed by atoms with van der Waals surface area (Å²) >= 11 is 0. The molecular weight excluding hydrogens is 569 g/mol. The monoisotopic (exact) mass is 649 g/mol. The first-order valence-electron chi connectivity index (χ1n) is 21.4. The van der Waals surface area contributed by atoms with Crippen molar-refractivity contribution in [3.8, 4) is 0 Å². The Kier molecular flexibility index (Phi) is 28.0. The summed E-state index contributed by atoms with van der Waals surface area (Å²) < 4.78 is 2.46. The van der Waals surface area contributed by atoms with Gasteiger partial charge in [0.25, 0.3) is 0 Å². The number of imidazole rings is 1. The molecule has 2 aromatic rings. The molecule has 0 bridgehead atoms. The van der Waals surface area contributed by atoms with E-state index in [1.165, 1.54) is 211 Å². The molecule has 2 nitrogen and oxygen atoms in total. The van der Waals surface area contributed by atoms with Crippen LogP contribution < -0.4 is 0 Å². The van der Waals surface area contributed by atoms with Gasteiger partial charge in [-0.15, -0.1) is 0 Å². The average Bonchev–Trinajstić information content (AvgIpc) is 3.63. The van der Waals surface area contributed by atoms with Crippen LogP contribution in [0.4, 0.5) is 0 Å². The second-order valence-corrected chi connectivity index (χ2v) is 15.2. The van der Waals surface area contributed by atoms with Crippen molar-refractivity contribution in [2.45, 2.75) is 225 Å². The summed E-state index contributed by atoms with van der Waals surface area (Å²) in [5.74, 6) is 0.691. The maximum Gasteiger partial charge on any atom is 0.0948 e. The summed E-state index contributed by atoms with van der Waals surface area (Å²) in [6.45, 7) is 4.62. The van der Waals surface area contributed by atoms with E-state index in [4.69, 9.17) is 0 Å². The highest BCUT2D eigenvalue weighted by Crippen LogP contribution is 2.32. The first kappa shape index (κ1) is 41.6. The van der Waals surface area contributed by atoms with Crippen LogP contribution in [0, 0.1) is 5.92 Å². The molecule has 1 aromatic heterocycles. The Labute approximate surface area is 294 Å². The molecule has 2 heteroatoms. The van der Waals surface area contributed by atoms with Gasteiger partial charge < -0.3 is 4.57 Å². The summed E-state index contributed by atoms with van der Waals surface area (Å²) in [6, 6.07) is 11.9. The van der Waals surface area contributed by atoms with Crippen LogP contribution in [0.5, 0.6) is 0 Å². The molecule has 2 atom stereocenters. The highest BCUT2D eigenvalue weighted by Gasteiger charge is 2.23. The zero-order valence-corrected chi connectivity index (χ0v) is 31.8. The standard InChI is InChI=1S/C45H80N2/c1-3-5-7-9-11-13-15-17-18-19-20-21-23-25-27-29-34-38-45(47-40-39-46-42-47)44(41-43-35-31-30-32-36-43)37-33-28-26-24-22-16-14-12-10-8-6-4-2/h30-32,35-36,39-40,42,44-45H,3-29,33-34,37-38,41H2,1-2H3. The van der Waals surface area contributed by atoms with Crippen LogP contribution >= 0.6 is 0 Å². The normalized spacial score (nSPS) is 12.9. The van der Waals surface area contributed by atoms with E-state index in [1.807, 2.05) is 6.20 Å². The number of benzene rings is 1. The van der Waals surface area contributed by atoms with Crippen LogP contribution in [-0.4, -0.2) is 9.55 Å². The molecule has 0 N–H and O–H groups in total. The summed E-state index contributed by atoms with van der Waals surface area (Å²) in [5.41, 5.74) is 1.50. The first-order valence-corrected chi connectivity index (χ1v) is 21.4. The summed E-state index contributed by atoms with van der Waals surface area (Å²) in [7, 11) is 0. The topological polar surface area (TPSA) is 17.8 Å². The van der Waals surface area contributed by atoms with E-state index in [1.54, 1.807) is 0 Å². The van der Waals surface area contributed by atoms with Gasteiger partial charge >= 0.3 is 0 Å². The third-order valence-electron chi connectivity index (χ3n) is 10.8. The van der Waals surface area contributed by atoms with Gasteiger partial charge in [-0.3, -0.25) is 0 Å². The van der Waals surface area contributed by atoms with E-state index in [-0.39, 0.29) is 0 Å². The average molecular weight is 649 g/mol. The molecule has 0 aliphatic heterocycles. The van der Waals surface area contributed by atoms with Crippen LogP contribution in [-0.2, 0) is 6.42 Å². The van der Waals surface area contributed by atoms with Crippen molar-refractivity contribution in [1.29, 1.82) is 0 Å². The third-order valence-corrected chi connectivity index (χ3v) is 10.8. The predicted molar refractivity (Wildman–Crippen MR) is 209 cm³/mol. The Hall–Kier alpha value is -1.57. The number of hydrogen-bond acceptors (Lipinski definition) is 1. The van der Waals surface area contributed by atoms with Gasteiger partial charge in [0.05, 0.1) is 6.33 Å². The van der Waals surface area contributed by atoms with Gasteiger partial charge in [-0.05, 0) is 30.7 Å². The fraction of sp³-hybridized carbons (Fsp3) is 0.800. The molecule has 0 aliphatic rings. The first-order chi connectivity index (χ1) is 23.3. The van der Waals surface area contributed by atoms with Crippen molar-refractivity contribution >= 4 is 0 Å². The van der Waals surface area contributed by atoms with Gasteiger partial charge in [0.2, 0.25) is 0 Å². The summed E-state index contributed by atoms with van der Waals surface area (Å²) in [5, 5.41) is 0. The molecule has 0 spiro atoms. The maximum atomic E-state index is 4.49. The summed E-state index contributed by atoms with van der Waals surface area (Å²) in [4.78, 5) is 4.49. The molecule has 47 heavy (non-hydrogen) atoms. The molecular formula is C45H80N2. The molecule has 270 valence electrons. The van der Waals surface area contributed by atoms with E-state index >= 15 is 0 Å². The van der Waals surface area contributed by atoms with Crippen molar-refractivity contribution in [3.05, 3.63) is 54.6 Å². The second-order valence-electron chi connectivity index (χ2n) is 15.2. The molecule has 1 heterocycles. The van der Waals surface area contributed by atoms with E-state index in [0.717, 1.165) is 0 Å². The van der Waals surface area contributed by atoms with E-state index in [9.17, 15) is 0 Å². The van der Waals surface area contributed by atoms with Gasteiger partial charge in [0.15, 0.2) is 0 Å². The predicted octanol–water partition coefficient (Wildman–Crippen LogP) is 15.4. The SMILES string of the molecule is CCCCCCCCCCCCCCCCCCCC(C(CCCCCCCCCCCCCC)Cc1ccccc1)n1ccnc1. The molecule has 0 radical (unpaired) electrons. The Balaban J connectivity index is 1.62. The Morgan fingerprint density at radius 1 is 0.468 bits per heavy atom.